The SMILES string of the molecule is O=C(O)CNC(=O)c1c(O)c2cc(Cl)ccc2n(OCc2nc3ccccc3s2)c1=O. The summed E-state index contributed by atoms with van der Waals surface area (Å²) in [6.45, 7) is -0.796. The number of aliphatic carboxylic acids is 1. The van der Waals surface area contributed by atoms with Crippen molar-refractivity contribution in [2.75, 3.05) is 6.54 Å². The summed E-state index contributed by atoms with van der Waals surface area (Å²) in [6.07, 6.45) is 0. The van der Waals surface area contributed by atoms with E-state index in [-0.39, 0.29) is 22.5 Å². The van der Waals surface area contributed by atoms with E-state index in [2.05, 4.69) is 10.3 Å². The average molecular weight is 460 g/mol. The highest BCUT2D eigenvalue weighted by Crippen LogP contribution is 2.29. The summed E-state index contributed by atoms with van der Waals surface area (Å²) in [5.41, 5.74) is -0.631. The zero-order valence-electron chi connectivity index (χ0n) is 15.7. The van der Waals surface area contributed by atoms with Gasteiger partial charge in [-0.15, -0.1) is 16.1 Å². The lowest BCUT2D eigenvalue weighted by Gasteiger charge is -2.15. The van der Waals surface area contributed by atoms with E-state index in [0.29, 0.717) is 5.01 Å². The van der Waals surface area contributed by atoms with E-state index < -0.39 is 35.3 Å². The molecule has 4 rings (SSSR count). The molecular formula is C20H14ClN3O6S. The van der Waals surface area contributed by atoms with Gasteiger partial charge in [0.2, 0.25) is 0 Å². The van der Waals surface area contributed by atoms with Crippen LogP contribution in [0.1, 0.15) is 15.4 Å². The van der Waals surface area contributed by atoms with Gasteiger partial charge >= 0.3 is 5.97 Å². The molecular weight excluding hydrogens is 446 g/mol. The van der Waals surface area contributed by atoms with Crippen LogP contribution in [0.5, 0.6) is 5.75 Å². The minimum absolute atomic E-state index is 0.0715. The Bertz CT molecular complexity index is 1360. The first-order valence-corrected chi connectivity index (χ1v) is 10.1. The van der Waals surface area contributed by atoms with Crippen molar-refractivity contribution < 1.29 is 24.6 Å². The van der Waals surface area contributed by atoms with Gasteiger partial charge in [0.1, 0.15) is 17.3 Å². The van der Waals surface area contributed by atoms with Crippen molar-refractivity contribution in [3.05, 3.63) is 68.4 Å². The molecule has 0 atom stereocenters. The fraction of sp³-hybridized carbons (Fsp3) is 0.100. The zero-order valence-corrected chi connectivity index (χ0v) is 17.2. The number of carbonyl (C=O) groups excluding carboxylic acids is 1. The Hall–Kier alpha value is -3.63. The van der Waals surface area contributed by atoms with E-state index in [1.807, 2.05) is 24.3 Å². The number of halogens is 1. The van der Waals surface area contributed by atoms with Crippen LogP contribution in [0.15, 0.2) is 47.3 Å². The van der Waals surface area contributed by atoms with Gasteiger partial charge in [0.25, 0.3) is 11.5 Å². The van der Waals surface area contributed by atoms with E-state index in [0.717, 1.165) is 14.9 Å². The van der Waals surface area contributed by atoms with Crippen LogP contribution < -0.4 is 15.7 Å². The smallest absolute Gasteiger partial charge is 0.322 e. The summed E-state index contributed by atoms with van der Waals surface area (Å²) in [7, 11) is 0. The molecule has 11 heteroatoms. The molecule has 0 saturated carbocycles. The predicted molar refractivity (Wildman–Crippen MR) is 115 cm³/mol. The Labute approximate surface area is 183 Å². The van der Waals surface area contributed by atoms with Gasteiger partial charge in [-0.05, 0) is 30.3 Å². The molecule has 2 aromatic carbocycles. The molecule has 0 aliphatic rings. The number of nitrogens with zero attached hydrogens (tertiary/aromatic N) is 2. The second-order valence-electron chi connectivity index (χ2n) is 6.41. The number of thiazole rings is 1. The molecule has 1 amide bonds. The van der Waals surface area contributed by atoms with Crippen LogP contribution >= 0.6 is 22.9 Å². The molecule has 0 fully saturated rings. The number of hydrogen-bond donors (Lipinski definition) is 3. The van der Waals surface area contributed by atoms with Crippen LogP contribution in [0.3, 0.4) is 0 Å². The largest absolute Gasteiger partial charge is 0.506 e. The van der Waals surface area contributed by atoms with Gasteiger partial charge in [-0.1, -0.05) is 23.7 Å². The molecule has 158 valence electrons. The molecule has 0 saturated heterocycles. The molecule has 0 bridgehead atoms. The fourth-order valence-corrected chi connectivity index (χ4v) is 4.05. The van der Waals surface area contributed by atoms with Crippen LogP contribution in [0, 0.1) is 0 Å². The Balaban J connectivity index is 1.78. The third-order valence-corrected chi connectivity index (χ3v) is 5.60. The lowest BCUT2D eigenvalue weighted by molar-refractivity contribution is -0.135. The quantitative estimate of drug-likeness (QED) is 0.403. The molecule has 2 aromatic heterocycles. The van der Waals surface area contributed by atoms with Gasteiger partial charge in [-0.2, -0.15) is 0 Å². The number of benzene rings is 2. The van der Waals surface area contributed by atoms with Crippen LogP contribution in [0.4, 0.5) is 0 Å². The minimum atomic E-state index is -1.30. The van der Waals surface area contributed by atoms with Crippen molar-refractivity contribution in [2.45, 2.75) is 6.61 Å². The van der Waals surface area contributed by atoms with Crippen molar-refractivity contribution in [2.24, 2.45) is 0 Å². The molecule has 0 spiro atoms. The number of carboxylic acids is 1. The van der Waals surface area contributed by atoms with Crippen molar-refractivity contribution in [1.29, 1.82) is 0 Å². The van der Waals surface area contributed by atoms with Crippen molar-refractivity contribution in [1.82, 2.24) is 15.0 Å². The highest BCUT2D eigenvalue weighted by atomic mass is 35.5. The third kappa shape index (κ3) is 4.03. The van der Waals surface area contributed by atoms with E-state index in [1.54, 1.807) is 0 Å². The Kier molecular flexibility index (Phi) is 5.49. The molecule has 3 N–H and O–H groups in total. The van der Waals surface area contributed by atoms with E-state index in [1.165, 1.54) is 29.5 Å². The predicted octanol–water partition coefficient (Wildman–Crippen LogP) is 2.41. The standard InChI is InChI=1S/C20H14ClN3O6S/c21-10-5-6-13-11(7-10)18(27)17(19(28)22-8-16(25)26)20(29)24(13)30-9-15-23-12-3-1-2-4-14(12)31-15/h1-7,27H,8-9H2,(H,22,28)(H,25,26). The topological polar surface area (TPSA) is 131 Å². The zero-order chi connectivity index (χ0) is 22.1. The second kappa shape index (κ2) is 8.25. The first-order chi connectivity index (χ1) is 14.8. The number of aromatic nitrogens is 2. The molecule has 2 heterocycles. The molecule has 31 heavy (non-hydrogen) atoms. The highest BCUT2D eigenvalue weighted by Gasteiger charge is 2.24. The van der Waals surface area contributed by atoms with Crippen molar-refractivity contribution >= 4 is 55.9 Å². The Morgan fingerprint density at radius 2 is 2.00 bits per heavy atom. The van der Waals surface area contributed by atoms with E-state index in [4.69, 9.17) is 21.5 Å². The van der Waals surface area contributed by atoms with Gasteiger partial charge < -0.3 is 20.4 Å². The maximum absolute atomic E-state index is 13.0. The Morgan fingerprint density at radius 3 is 2.74 bits per heavy atom. The number of aromatic hydroxyl groups is 1. The number of carboxylic acid groups (broad SMARTS) is 1. The molecule has 0 aliphatic carbocycles. The fourth-order valence-electron chi connectivity index (χ4n) is 3.00. The number of hydrogen-bond acceptors (Lipinski definition) is 7. The number of para-hydroxylation sites is 1. The van der Waals surface area contributed by atoms with E-state index in [9.17, 15) is 19.5 Å². The Morgan fingerprint density at radius 1 is 1.23 bits per heavy atom. The summed E-state index contributed by atoms with van der Waals surface area (Å²) in [5, 5.41) is 22.3. The van der Waals surface area contributed by atoms with Gasteiger partial charge in [0.05, 0.1) is 15.7 Å². The number of amides is 1. The number of fused-ring (bicyclic) bond motifs is 2. The first kappa shape index (κ1) is 20.6. The molecule has 0 radical (unpaired) electrons. The summed E-state index contributed by atoms with van der Waals surface area (Å²) in [5.74, 6) is -2.97. The first-order valence-electron chi connectivity index (χ1n) is 8.90. The summed E-state index contributed by atoms with van der Waals surface area (Å²) in [4.78, 5) is 46.3. The number of pyridine rings is 1. The van der Waals surface area contributed by atoms with Crippen LogP contribution in [-0.2, 0) is 11.4 Å². The summed E-state index contributed by atoms with van der Waals surface area (Å²) >= 11 is 7.40. The monoisotopic (exact) mass is 459 g/mol. The number of nitrogens with one attached hydrogen (secondary N) is 1. The lowest BCUT2D eigenvalue weighted by Crippen LogP contribution is -2.37. The minimum Gasteiger partial charge on any atom is -0.506 e. The van der Waals surface area contributed by atoms with Crippen LogP contribution in [0.25, 0.3) is 21.1 Å². The number of carbonyl (C=O) groups is 2. The summed E-state index contributed by atoms with van der Waals surface area (Å²) < 4.78 is 1.82. The maximum Gasteiger partial charge on any atom is 0.322 e. The second-order valence-corrected chi connectivity index (χ2v) is 7.96. The summed E-state index contributed by atoms with van der Waals surface area (Å²) in [6, 6.07) is 11.8. The van der Waals surface area contributed by atoms with Gasteiger partial charge in [0, 0.05) is 10.4 Å². The van der Waals surface area contributed by atoms with Gasteiger partial charge in [-0.25, -0.2) is 4.98 Å². The van der Waals surface area contributed by atoms with Gasteiger partial charge in [0.15, 0.2) is 12.2 Å². The maximum atomic E-state index is 13.0. The average Bonchev–Trinajstić information content (AvgIpc) is 3.15. The van der Waals surface area contributed by atoms with Crippen molar-refractivity contribution in [3.63, 3.8) is 0 Å². The molecule has 4 aromatic rings. The van der Waals surface area contributed by atoms with Gasteiger partial charge in [-0.3, -0.25) is 14.4 Å². The normalized spacial score (nSPS) is 11.0. The van der Waals surface area contributed by atoms with Crippen LogP contribution in [0.2, 0.25) is 5.02 Å². The molecule has 0 unspecified atom stereocenters. The van der Waals surface area contributed by atoms with Crippen molar-refractivity contribution in [3.8, 4) is 5.75 Å². The van der Waals surface area contributed by atoms with Crippen LogP contribution in [-0.4, -0.2) is 38.3 Å². The third-order valence-electron chi connectivity index (χ3n) is 4.35. The number of rotatable bonds is 6. The molecule has 9 nitrogen and oxygen atoms in total. The van der Waals surface area contributed by atoms with E-state index >= 15 is 0 Å². The molecule has 0 aliphatic heterocycles. The lowest BCUT2D eigenvalue weighted by atomic mass is 10.1. The highest BCUT2D eigenvalue weighted by molar-refractivity contribution is 7.18.